The molecule has 0 saturated carbocycles. The van der Waals surface area contributed by atoms with Gasteiger partial charge < -0.3 is 15.2 Å². The summed E-state index contributed by atoms with van der Waals surface area (Å²) >= 11 is 6.15. The van der Waals surface area contributed by atoms with Crippen LogP contribution in [0, 0.1) is 0 Å². The Kier molecular flexibility index (Phi) is 5.00. The molecule has 0 amide bonds. The van der Waals surface area contributed by atoms with Crippen LogP contribution in [-0.2, 0) is 17.8 Å². The van der Waals surface area contributed by atoms with Crippen molar-refractivity contribution in [3.63, 3.8) is 0 Å². The van der Waals surface area contributed by atoms with E-state index < -0.39 is 5.97 Å². The molecular formula is C18H16ClN3O3. The zero-order valence-corrected chi connectivity index (χ0v) is 14.2. The maximum atomic E-state index is 11.0. The van der Waals surface area contributed by atoms with Crippen LogP contribution in [0.15, 0.2) is 42.5 Å². The lowest BCUT2D eigenvalue weighted by molar-refractivity contribution is -0.136. The van der Waals surface area contributed by atoms with Crippen molar-refractivity contribution in [3.8, 4) is 5.75 Å². The third-order valence-corrected chi connectivity index (χ3v) is 3.93. The van der Waals surface area contributed by atoms with Crippen molar-refractivity contribution in [1.82, 2.24) is 9.97 Å². The molecule has 3 rings (SSSR count). The van der Waals surface area contributed by atoms with Crippen LogP contribution in [0.5, 0.6) is 5.75 Å². The lowest BCUT2D eigenvalue weighted by Crippen LogP contribution is -2.09. The topological polar surface area (TPSA) is 84.3 Å². The molecule has 3 aromatic rings. The fourth-order valence-electron chi connectivity index (χ4n) is 2.48. The smallest absolute Gasteiger partial charge is 0.311 e. The van der Waals surface area contributed by atoms with Gasteiger partial charge in [-0.1, -0.05) is 29.8 Å². The van der Waals surface area contributed by atoms with Crippen LogP contribution >= 0.6 is 11.6 Å². The van der Waals surface area contributed by atoms with E-state index in [0.717, 1.165) is 10.9 Å². The van der Waals surface area contributed by atoms with Gasteiger partial charge in [-0.25, -0.2) is 9.97 Å². The van der Waals surface area contributed by atoms with Gasteiger partial charge in [-0.2, -0.15) is 0 Å². The molecule has 128 valence electrons. The SMILES string of the molecule is COc1ccc(CNc2nc(CC(=O)O)nc3ccccc23)cc1Cl. The fraction of sp³-hybridized carbons (Fsp3) is 0.167. The monoisotopic (exact) mass is 357 g/mol. The quantitative estimate of drug-likeness (QED) is 0.702. The van der Waals surface area contributed by atoms with Gasteiger partial charge in [-0.15, -0.1) is 0 Å². The van der Waals surface area contributed by atoms with Crippen LogP contribution in [-0.4, -0.2) is 28.2 Å². The number of fused-ring (bicyclic) bond motifs is 1. The minimum Gasteiger partial charge on any atom is -0.495 e. The van der Waals surface area contributed by atoms with E-state index in [9.17, 15) is 4.79 Å². The molecule has 0 bridgehead atoms. The minimum absolute atomic E-state index is 0.228. The molecule has 0 aliphatic carbocycles. The Labute approximate surface area is 149 Å². The average Bonchev–Trinajstić information content (AvgIpc) is 2.59. The number of hydrogen-bond donors (Lipinski definition) is 2. The number of benzene rings is 2. The Hall–Kier alpha value is -2.86. The maximum Gasteiger partial charge on any atom is 0.311 e. The fourth-order valence-corrected chi connectivity index (χ4v) is 2.76. The predicted octanol–water partition coefficient (Wildman–Crippen LogP) is 3.53. The average molecular weight is 358 g/mol. The first-order valence-corrected chi connectivity index (χ1v) is 7.98. The van der Waals surface area contributed by atoms with Gasteiger partial charge in [-0.05, 0) is 29.8 Å². The molecule has 2 aromatic carbocycles. The molecule has 2 N–H and O–H groups in total. The number of carboxylic acids is 1. The number of carboxylic acid groups (broad SMARTS) is 1. The number of nitrogens with one attached hydrogen (secondary N) is 1. The van der Waals surface area contributed by atoms with Crippen molar-refractivity contribution in [2.75, 3.05) is 12.4 Å². The second kappa shape index (κ2) is 7.36. The number of nitrogens with zero attached hydrogens (tertiary/aromatic N) is 2. The summed E-state index contributed by atoms with van der Waals surface area (Å²) in [6, 6.07) is 13.0. The highest BCUT2D eigenvalue weighted by Crippen LogP contribution is 2.26. The number of hydrogen-bond acceptors (Lipinski definition) is 5. The van der Waals surface area contributed by atoms with E-state index >= 15 is 0 Å². The molecule has 0 fully saturated rings. The number of para-hydroxylation sites is 1. The largest absolute Gasteiger partial charge is 0.495 e. The van der Waals surface area contributed by atoms with Gasteiger partial charge in [0.05, 0.1) is 17.6 Å². The van der Waals surface area contributed by atoms with E-state index in [-0.39, 0.29) is 12.2 Å². The van der Waals surface area contributed by atoms with Crippen molar-refractivity contribution >= 4 is 34.3 Å². The van der Waals surface area contributed by atoms with Crippen LogP contribution in [0.3, 0.4) is 0 Å². The first-order valence-electron chi connectivity index (χ1n) is 7.60. The minimum atomic E-state index is -0.969. The van der Waals surface area contributed by atoms with Crippen molar-refractivity contribution < 1.29 is 14.6 Å². The van der Waals surface area contributed by atoms with Gasteiger partial charge in [0, 0.05) is 11.9 Å². The van der Waals surface area contributed by atoms with Gasteiger partial charge >= 0.3 is 5.97 Å². The van der Waals surface area contributed by atoms with Crippen molar-refractivity contribution in [1.29, 1.82) is 0 Å². The summed E-state index contributed by atoms with van der Waals surface area (Å²) in [5.74, 6) is 0.500. The number of aromatic nitrogens is 2. The Balaban J connectivity index is 1.89. The number of rotatable bonds is 6. The van der Waals surface area contributed by atoms with Crippen LogP contribution < -0.4 is 10.1 Å². The van der Waals surface area contributed by atoms with Crippen LogP contribution in [0.1, 0.15) is 11.4 Å². The van der Waals surface area contributed by atoms with E-state index in [4.69, 9.17) is 21.4 Å². The lowest BCUT2D eigenvalue weighted by atomic mass is 10.2. The number of carbonyl (C=O) groups is 1. The molecule has 0 atom stereocenters. The van der Waals surface area contributed by atoms with Gasteiger partial charge in [-0.3, -0.25) is 4.79 Å². The molecule has 0 saturated heterocycles. The van der Waals surface area contributed by atoms with Crippen molar-refractivity contribution in [2.24, 2.45) is 0 Å². The molecule has 1 heterocycles. The molecule has 25 heavy (non-hydrogen) atoms. The summed E-state index contributed by atoms with van der Waals surface area (Å²) in [7, 11) is 1.57. The standard InChI is InChI=1S/C18H16ClN3O3/c1-25-15-7-6-11(8-13(15)19)10-20-18-12-4-2-3-5-14(12)21-16(22-18)9-17(23)24/h2-8H,9-10H2,1H3,(H,23,24)(H,20,21,22). The first-order chi connectivity index (χ1) is 12.1. The normalized spacial score (nSPS) is 10.6. The third-order valence-electron chi connectivity index (χ3n) is 3.64. The number of aliphatic carboxylic acids is 1. The summed E-state index contributed by atoms with van der Waals surface area (Å²) in [6.45, 7) is 0.483. The van der Waals surface area contributed by atoms with Gasteiger partial charge in [0.25, 0.3) is 0 Å². The van der Waals surface area contributed by atoms with Crippen molar-refractivity contribution in [3.05, 3.63) is 58.9 Å². The molecule has 0 aliphatic heterocycles. The third kappa shape index (κ3) is 3.97. The Bertz CT molecular complexity index is 931. The Morgan fingerprint density at radius 3 is 2.76 bits per heavy atom. The van der Waals surface area contributed by atoms with Crippen LogP contribution in [0.25, 0.3) is 10.9 Å². The summed E-state index contributed by atoms with van der Waals surface area (Å²) in [5, 5.41) is 13.6. The zero-order valence-electron chi connectivity index (χ0n) is 13.5. The summed E-state index contributed by atoms with van der Waals surface area (Å²) in [6.07, 6.45) is -0.228. The highest BCUT2D eigenvalue weighted by molar-refractivity contribution is 6.32. The number of ether oxygens (including phenoxy) is 1. The first kappa shape index (κ1) is 17.0. The lowest BCUT2D eigenvalue weighted by Gasteiger charge is -2.11. The molecule has 7 heteroatoms. The summed E-state index contributed by atoms with van der Waals surface area (Å²) in [4.78, 5) is 19.6. The molecular weight excluding hydrogens is 342 g/mol. The summed E-state index contributed by atoms with van der Waals surface area (Å²) in [5.41, 5.74) is 1.65. The molecule has 6 nitrogen and oxygen atoms in total. The summed E-state index contributed by atoms with van der Waals surface area (Å²) < 4.78 is 5.14. The van der Waals surface area contributed by atoms with E-state index in [1.807, 2.05) is 36.4 Å². The molecule has 1 aromatic heterocycles. The second-order valence-electron chi connectivity index (χ2n) is 5.40. The molecule has 0 aliphatic rings. The number of anilines is 1. The highest BCUT2D eigenvalue weighted by Gasteiger charge is 2.10. The predicted molar refractivity (Wildman–Crippen MR) is 96.2 cm³/mol. The van der Waals surface area contributed by atoms with Gasteiger partial charge in [0.2, 0.25) is 0 Å². The van der Waals surface area contributed by atoms with Gasteiger partial charge in [0.15, 0.2) is 0 Å². The Morgan fingerprint density at radius 2 is 2.04 bits per heavy atom. The van der Waals surface area contributed by atoms with Gasteiger partial charge in [0.1, 0.15) is 23.8 Å². The van der Waals surface area contributed by atoms with E-state index in [2.05, 4.69) is 15.3 Å². The number of halogens is 1. The molecule has 0 spiro atoms. The highest BCUT2D eigenvalue weighted by atomic mass is 35.5. The molecule has 0 unspecified atom stereocenters. The van der Waals surface area contributed by atoms with Crippen LogP contribution in [0.4, 0.5) is 5.82 Å². The van der Waals surface area contributed by atoms with E-state index in [0.29, 0.717) is 28.7 Å². The second-order valence-corrected chi connectivity index (χ2v) is 5.81. The molecule has 0 radical (unpaired) electrons. The Morgan fingerprint density at radius 1 is 1.24 bits per heavy atom. The zero-order chi connectivity index (χ0) is 17.8. The maximum absolute atomic E-state index is 11.0. The number of methoxy groups -OCH3 is 1. The van der Waals surface area contributed by atoms with E-state index in [1.54, 1.807) is 13.2 Å². The van der Waals surface area contributed by atoms with E-state index in [1.165, 1.54) is 0 Å². The van der Waals surface area contributed by atoms with Crippen molar-refractivity contribution in [2.45, 2.75) is 13.0 Å². The van der Waals surface area contributed by atoms with Crippen LogP contribution in [0.2, 0.25) is 5.02 Å².